The third-order valence-electron chi connectivity index (χ3n) is 2.42. The second-order valence-electron chi connectivity index (χ2n) is 3.99. The Morgan fingerprint density at radius 3 is 2.88 bits per heavy atom. The highest BCUT2D eigenvalue weighted by Crippen LogP contribution is 1.95. The van der Waals surface area contributed by atoms with E-state index in [-0.39, 0.29) is 18.0 Å². The number of pyridine rings is 1. The van der Waals surface area contributed by atoms with Crippen LogP contribution < -0.4 is 16.6 Å². The quantitative estimate of drug-likeness (QED) is 0.716. The van der Waals surface area contributed by atoms with E-state index < -0.39 is 0 Å². The smallest absolute Gasteiger partial charge is 0.251 e. The summed E-state index contributed by atoms with van der Waals surface area (Å²) >= 11 is 0. The molecule has 0 unspecified atom stereocenters. The first-order chi connectivity index (χ1) is 8.13. The zero-order valence-electron chi connectivity index (χ0n) is 10.1. The minimum atomic E-state index is -0.220. The number of aromatic nitrogens is 1. The van der Waals surface area contributed by atoms with Crippen LogP contribution in [0.1, 0.15) is 26.2 Å². The molecule has 94 valence electrons. The molecule has 0 aromatic carbocycles. The molecule has 1 rings (SSSR count). The number of nitrogen functional groups attached to an aromatic ring is 1. The Hall–Kier alpha value is -1.78. The lowest BCUT2D eigenvalue weighted by Gasteiger charge is -2.07. The van der Waals surface area contributed by atoms with Crippen LogP contribution in [0.2, 0.25) is 0 Å². The van der Waals surface area contributed by atoms with Gasteiger partial charge in [0, 0.05) is 24.5 Å². The van der Waals surface area contributed by atoms with Gasteiger partial charge < -0.3 is 15.6 Å². The van der Waals surface area contributed by atoms with Gasteiger partial charge in [-0.25, -0.2) is 0 Å². The van der Waals surface area contributed by atoms with E-state index in [9.17, 15) is 9.59 Å². The predicted octanol–water partition coefficient (Wildman–Crippen LogP) is 0.737. The molecule has 1 aromatic heterocycles. The number of carbonyl (C=O) groups is 1. The first kappa shape index (κ1) is 13.3. The van der Waals surface area contributed by atoms with E-state index in [1.54, 1.807) is 0 Å². The highest BCUT2D eigenvalue weighted by Gasteiger charge is 2.03. The molecule has 5 heteroatoms. The summed E-state index contributed by atoms with van der Waals surface area (Å²) in [7, 11) is 0. The van der Waals surface area contributed by atoms with Crippen molar-refractivity contribution in [2.45, 2.75) is 32.7 Å². The number of hydrogen-bond donors (Lipinski definition) is 2. The number of nitrogens with two attached hydrogens (primary N) is 1. The van der Waals surface area contributed by atoms with Crippen LogP contribution in [0.3, 0.4) is 0 Å². The average molecular weight is 237 g/mol. The van der Waals surface area contributed by atoms with Crippen LogP contribution in [0, 0.1) is 0 Å². The summed E-state index contributed by atoms with van der Waals surface area (Å²) in [6.07, 6.45) is 4.66. The van der Waals surface area contributed by atoms with Crippen LogP contribution in [0.25, 0.3) is 0 Å². The van der Waals surface area contributed by atoms with Crippen LogP contribution in [0.15, 0.2) is 23.1 Å². The Labute approximate surface area is 101 Å². The van der Waals surface area contributed by atoms with Gasteiger partial charge in [-0.3, -0.25) is 9.59 Å². The van der Waals surface area contributed by atoms with Gasteiger partial charge in [-0.15, -0.1) is 0 Å². The van der Waals surface area contributed by atoms with Crippen molar-refractivity contribution in [3.8, 4) is 0 Å². The molecule has 0 atom stereocenters. The van der Waals surface area contributed by atoms with E-state index >= 15 is 0 Å². The summed E-state index contributed by atoms with van der Waals surface area (Å²) in [6, 6.07) is 2.89. The van der Waals surface area contributed by atoms with E-state index in [1.165, 1.54) is 22.9 Å². The van der Waals surface area contributed by atoms with Crippen LogP contribution >= 0.6 is 0 Å². The molecular weight excluding hydrogens is 218 g/mol. The fourth-order valence-electron chi connectivity index (χ4n) is 1.49. The number of nitrogens with one attached hydrogen (secondary N) is 1. The molecular formula is C12H19N3O2. The van der Waals surface area contributed by atoms with E-state index in [0.717, 1.165) is 19.3 Å². The van der Waals surface area contributed by atoms with Crippen molar-refractivity contribution in [3.05, 3.63) is 28.7 Å². The van der Waals surface area contributed by atoms with E-state index in [0.29, 0.717) is 12.2 Å². The fraction of sp³-hybridized carbons (Fsp3) is 0.500. The molecule has 0 aliphatic rings. The van der Waals surface area contributed by atoms with Crippen molar-refractivity contribution in [3.63, 3.8) is 0 Å². The number of hydrogen-bond acceptors (Lipinski definition) is 3. The zero-order valence-corrected chi connectivity index (χ0v) is 10.1. The monoisotopic (exact) mass is 237 g/mol. The fourth-order valence-corrected chi connectivity index (χ4v) is 1.49. The molecule has 0 fully saturated rings. The molecule has 0 aliphatic carbocycles. The molecule has 1 amide bonds. The summed E-state index contributed by atoms with van der Waals surface area (Å²) in [5.74, 6) is -0.159. The second-order valence-corrected chi connectivity index (χ2v) is 3.99. The van der Waals surface area contributed by atoms with Crippen LogP contribution in [-0.4, -0.2) is 17.0 Å². The largest absolute Gasteiger partial charge is 0.398 e. The summed E-state index contributed by atoms with van der Waals surface area (Å²) in [4.78, 5) is 22.9. The second kappa shape index (κ2) is 6.73. The van der Waals surface area contributed by atoms with Gasteiger partial charge in [0.05, 0.1) is 0 Å². The van der Waals surface area contributed by atoms with Crippen molar-refractivity contribution < 1.29 is 4.79 Å². The third kappa shape index (κ3) is 4.72. The maximum atomic E-state index is 11.5. The summed E-state index contributed by atoms with van der Waals surface area (Å²) in [5, 5.41) is 2.77. The Balaban J connectivity index is 2.45. The lowest BCUT2D eigenvalue weighted by Crippen LogP contribution is -2.32. The first-order valence-electron chi connectivity index (χ1n) is 5.86. The summed E-state index contributed by atoms with van der Waals surface area (Å²) < 4.78 is 1.31. The Morgan fingerprint density at radius 2 is 2.18 bits per heavy atom. The number of carbonyl (C=O) groups excluding carboxylic acids is 1. The van der Waals surface area contributed by atoms with Gasteiger partial charge in [0.25, 0.3) is 5.56 Å². The number of amides is 1. The number of nitrogens with zero attached hydrogens (tertiary/aromatic N) is 1. The minimum absolute atomic E-state index is 0.0238. The van der Waals surface area contributed by atoms with Crippen molar-refractivity contribution in [1.82, 2.24) is 9.88 Å². The maximum Gasteiger partial charge on any atom is 0.251 e. The number of unbranched alkanes of at least 4 members (excludes halogenated alkanes) is 2. The first-order valence-corrected chi connectivity index (χ1v) is 5.86. The lowest BCUT2D eigenvalue weighted by atomic mass is 10.2. The standard InChI is InChI=1S/C12H19N3O2/c1-2-3-4-7-14-11(16)9-15-8-10(13)5-6-12(15)17/h5-6,8H,2-4,7,9,13H2,1H3,(H,14,16). The van der Waals surface area contributed by atoms with Gasteiger partial charge in [-0.2, -0.15) is 0 Å². The Bertz CT molecular complexity index is 426. The Morgan fingerprint density at radius 1 is 1.41 bits per heavy atom. The SMILES string of the molecule is CCCCCNC(=O)Cn1cc(N)ccc1=O. The van der Waals surface area contributed by atoms with Gasteiger partial charge >= 0.3 is 0 Å². The zero-order chi connectivity index (χ0) is 12.7. The van der Waals surface area contributed by atoms with Crippen molar-refractivity contribution in [2.75, 3.05) is 12.3 Å². The minimum Gasteiger partial charge on any atom is -0.398 e. The van der Waals surface area contributed by atoms with E-state index in [1.807, 2.05) is 0 Å². The molecule has 3 N–H and O–H groups in total. The van der Waals surface area contributed by atoms with E-state index in [4.69, 9.17) is 5.73 Å². The highest BCUT2D eigenvalue weighted by molar-refractivity contribution is 5.75. The highest BCUT2D eigenvalue weighted by atomic mass is 16.2. The van der Waals surface area contributed by atoms with Crippen molar-refractivity contribution >= 4 is 11.6 Å². The summed E-state index contributed by atoms with van der Waals surface area (Å²) in [6.45, 7) is 2.79. The van der Waals surface area contributed by atoms with Gasteiger partial charge in [0.1, 0.15) is 6.54 Å². The molecule has 17 heavy (non-hydrogen) atoms. The normalized spacial score (nSPS) is 10.2. The van der Waals surface area contributed by atoms with Crippen LogP contribution in [0.4, 0.5) is 5.69 Å². The molecule has 0 bridgehead atoms. The molecule has 1 aromatic rings. The number of anilines is 1. The lowest BCUT2D eigenvalue weighted by molar-refractivity contribution is -0.121. The van der Waals surface area contributed by atoms with Gasteiger partial charge in [-0.1, -0.05) is 19.8 Å². The summed E-state index contributed by atoms with van der Waals surface area (Å²) in [5.41, 5.74) is 5.81. The van der Waals surface area contributed by atoms with Gasteiger partial charge in [0.2, 0.25) is 5.91 Å². The van der Waals surface area contributed by atoms with Crippen molar-refractivity contribution in [1.29, 1.82) is 0 Å². The van der Waals surface area contributed by atoms with Crippen molar-refractivity contribution in [2.24, 2.45) is 0 Å². The average Bonchev–Trinajstić information content (AvgIpc) is 2.29. The Kier molecular flexibility index (Phi) is 5.26. The molecule has 0 saturated carbocycles. The van der Waals surface area contributed by atoms with Gasteiger partial charge in [0.15, 0.2) is 0 Å². The third-order valence-corrected chi connectivity index (χ3v) is 2.42. The molecule has 0 aliphatic heterocycles. The van der Waals surface area contributed by atoms with Gasteiger partial charge in [-0.05, 0) is 12.5 Å². The molecule has 0 radical (unpaired) electrons. The molecule has 0 saturated heterocycles. The van der Waals surface area contributed by atoms with Crippen LogP contribution in [-0.2, 0) is 11.3 Å². The maximum absolute atomic E-state index is 11.5. The van der Waals surface area contributed by atoms with Crippen LogP contribution in [0.5, 0.6) is 0 Å². The molecule has 1 heterocycles. The molecule has 0 spiro atoms. The number of rotatable bonds is 6. The predicted molar refractivity (Wildman–Crippen MR) is 67.6 cm³/mol. The van der Waals surface area contributed by atoms with E-state index in [2.05, 4.69) is 12.2 Å². The topological polar surface area (TPSA) is 77.1 Å². The molecule has 5 nitrogen and oxygen atoms in total.